The summed E-state index contributed by atoms with van der Waals surface area (Å²) in [5.41, 5.74) is 5.95. The number of nitrogens with one attached hydrogen (secondary N) is 1. The molecule has 42 heavy (non-hydrogen) atoms. The second-order valence-corrected chi connectivity index (χ2v) is 11.6. The van der Waals surface area contributed by atoms with Crippen LogP contribution < -0.4 is 21.5 Å². The standard InChI is InChI=1S/C29H35F2N7O4/c1-15(34-35-27(40)18-7-9-33-10-8-18)11-37-16(2)12-36(13-17(37)3)25-21(30)23(32)20-24(22(25)31)38(29(4,5)6)14-19(26(20)39)28(41)42/h7-10,14,16-17H,11-13,32H2,1-6H3,(H,35,40)(H,41,42)/b34-15+. The van der Waals surface area contributed by atoms with Crippen molar-refractivity contribution in [1.29, 1.82) is 0 Å². The summed E-state index contributed by atoms with van der Waals surface area (Å²) in [5.74, 6) is -3.97. The van der Waals surface area contributed by atoms with Crippen LogP contribution in [0.2, 0.25) is 0 Å². The monoisotopic (exact) mass is 583 g/mol. The summed E-state index contributed by atoms with van der Waals surface area (Å²) in [6, 6.07) is 2.77. The molecule has 11 nitrogen and oxygen atoms in total. The summed E-state index contributed by atoms with van der Waals surface area (Å²) in [4.78, 5) is 44.7. The van der Waals surface area contributed by atoms with E-state index in [2.05, 4.69) is 20.4 Å². The van der Waals surface area contributed by atoms with E-state index in [1.807, 2.05) is 13.8 Å². The van der Waals surface area contributed by atoms with Crippen LogP contribution >= 0.6 is 0 Å². The predicted octanol–water partition coefficient (Wildman–Crippen LogP) is 3.42. The maximum absolute atomic E-state index is 16.4. The van der Waals surface area contributed by atoms with Crippen LogP contribution in [0.5, 0.6) is 0 Å². The molecular formula is C29H35F2N7O4. The lowest BCUT2D eigenvalue weighted by Crippen LogP contribution is -2.58. The van der Waals surface area contributed by atoms with Gasteiger partial charge in [-0.15, -0.1) is 0 Å². The first-order valence-corrected chi connectivity index (χ1v) is 13.5. The van der Waals surface area contributed by atoms with Crippen LogP contribution in [-0.4, -0.2) is 68.9 Å². The second kappa shape index (κ2) is 11.5. The van der Waals surface area contributed by atoms with E-state index in [4.69, 9.17) is 5.73 Å². The Morgan fingerprint density at radius 3 is 2.29 bits per heavy atom. The number of hydrazone groups is 1. The van der Waals surface area contributed by atoms with Crippen molar-refractivity contribution in [1.82, 2.24) is 19.9 Å². The third kappa shape index (κ3) is 5.69. The van der Waals surface area contributed by atoms with Crippen molar-refractivity contribution < 1.29 is 23.5 Å². The smallest absolute Gasteiger partial charge is 0.341 e. The molecule has 1 aromatic carbocycles. The fraction of sp³-hybridized carbons (Fsp3) is 0.414. The van der Waals surface area contributed by atoms with Crippen LogP contribution in [-0.2, 0) is 5.54 Å². The first kappa shape index (κ1) is 30.6. The average Bonchev–Trinajstić information content (AvgIpc) is 2.92. The van der Waals surface area contributed by atoms with E-state index in [9.17, 15) is 19.5 Å². The number of carbonyl (C=O) groups is 2. The molecular weight excluding hydrogens is 548 g/mol. The number of piperazine rings is 1. The van der Waals surface area contributed by atoms with E-state index in [0.29, 0.717) is 17.8 Å². The van der Waals surface area contributed by atoms with Gasteiger partial charge in [0.25, 0.3) is 5.91 Å². The Labute approximate surface area is 241 Å². The van der Waals surface area contributed by atoms with Gasteiger partial charge in [0.1, 0.15) is 11.3 Å². The molecule has 4 rings (SSSR count). The number of carboxylic acid groups (broad SMARTS) is 1. The zero-order valence-electron chi connectivity index (χ0n) is 24.4. The highest BCUT2D eigenvalue weighted by molar-refractivity contribution is 6.00. The van der Waals surface area contributed by atoms with Gasteiger partial charge in [-0.1, -0.05) is 0 Å². The van der Waals surface area contributed by atoms with Crippen LogP contribution in [0, 0.1) is 11.6 Å². The second-order valence-electron chi connectivity index (χ2n) is 11.6. The van der Waals surface area contributed by atoms with Gasteiger partial charge in [-0.05, 0) is 53.7 Å². The molecule has 1 fully saturated rings. The molecule has 224 valence electrons. The summed E-state index contributed by atoms with van der Waals surface area (Å²) in [6.45, 7) is 11.6. The molecule has 3 aromatic rings. The van der Waals surface area contributed by atoms with Crippen molar-refractivity contribution in [3.8, 4) is 0 Å². The van der Waals surface area contributed by atoms with Gasteiger partial charge >= 0.3 is 5.97 Å². The molecule has 0 bridgehead atoms. The molecule has 0 spiro atoms. The van der Waals surface area contributed by atoms with Crippen molar-refractivity contribution >= 4 is 39.9 Å². The Morgan fingerprint density at radius 2 is 1.74 bits per heavy atom. The minimum absolute atomic E-state index is 0.190. The number of rotatable bonds is 6. The maximum atomic E-state index is 16.4. The number of fused-ring (bicyclic) bond motifs is 1. The molecule has 2 unspecified atom stereocenters. The molecule has 13 heteroatoms. The molecule has 1 aliphatic rings. The lowest BCUT2D eigenvalue weighted by molar-refractivity contribution is 0.0694. The number of carboxylic acids is 1. The highest BCUT2D eigenvalue weighted by Gasteiger charge is 2.35. The van der Waals surface area contributed by atoms with Gasteiger partial charge in [-0.25, -0.2) is 19.0 Å². The fourth-order valence-corrected chi connectivity index (χ4v) is 5.35. The number of amides is 1. The van der Waals surface area contributed by atoms with Gasteiger partial charge in [0.2, 0.25) is 5.43 Å². The number of benzene rings is 1. The highest BCUT2D eigenvalue weighted by Crippen LogP contribution is 2.38. The first-order chi connectivity index (χ1) is 19.6. The Hall–Kier alpha value is -4.39. The lowest BCUT2D eigenvalue weighted by Gasteiger charge is -2.45. The number of carbonyl (C=O) groups excluding carboxylic acids is 1. The number of aromatic carboxylic acids is 1. The number of hydrogen-bond acceptors (Lipinski definition) is 8. The molecule has 2 aromatic heterocycles. The Morgan fingerprint density at radius 1 is 1.14 bits per heavy atom. The number of nitrogens with two attached hydrogens (primary N) is 1. The zero-order chi connectivity index (χ0) is 31.1. The number of nitrogens with zero attached hydrogens (tertiary/aromatic N) is 5. The molecule has 0 saturated carbocycles. The minimum Gasteiger partial charge on any atom is -0.477 e. The van der Waals surface area contributed by atoms with Crippen molar-refractivity contribution in [3.63, 3.8) is 0 Å². The van der Waals surface area contributed by atoms with Crippen molar-refractivity contribution in [2.24, 2.45) is 5.10 Å². The summed E-state index contributed by atoms with van der Waals surface area (Å²) < 4.78 is 33.5. The third-order valence-corrected chi connectivity index (χ3v) is 7.41. The Balaban J connectivity index is 1.66. The van der Waals surface area contributed by atoms with Gasteiger partial charge in [-0.2, -0.15) is 5.10 Å². The quantitative estimate of drug-likeness (QED) is 0.227. The number of pyridine rings is 2. The number of anilines is 2. The summed E-state index contributed by atoms with van der Waals surface area (Å²) in [6.07, 6.45) is 4.10. The third-order valence-electron chi connectivity index (χ3n) is 7.41. The molecule has 1 amide bonds. The van der Waals surface area contributed by atoms with Crippen molar-refractivity contribution in [3.05, 3.63) is 63.7 Å². The van der Waals surface area contributed by atoms with Crippen molar-refractivity contribution in [2.75, 3.05) is 30.3 Å². The van der Waals surface area contributed by atoms with Gasteiger partial charge < -0.3 is 20.3 Å². The van der Waals surface area contributed by atoms with Gasteiger partial charge in [-0.3, -0.25) is 19.5 Å². The number of nitrogen functional groups attached to an aromatic ring is 1. The predicted molar refractivity (Wildman–Crippen MR) is 157 cm³/mol. The van der Waals surface area contributed by atoms with Crippen LogP contribution in [0.25, 0.3) is 10.9 Å². The largest absolute Gasteiger partial charge is 0.477 e. The Bertz CT molecular complexity index is 1620. The molecule has 3 heterocycles. The fourth-order valence-electron chi connectivity index (χ4n) is 5.35. The molecule has 4 N–H and O–H groups in total. The molecule has 0 radical (unpaired) electrons. The highest BCUT2D eigenvalue weighted by atomic mass is 19.1. The van der Waals surface area contributed by atoms with Crippen LogP contribution in [0.15, 0.2) is 40.6 Å². The SMILES string of the molecule is C/C(CN1C(C)CN(c2c(F)c(N)c3c(=O)c(C(=O)O)cn(C(C)(C)C)c3c2F)CC1C)=N\NC(=O)c1ccncc1. The molecule has 1 aliphatic heterocycles. The van der Waals surface area contributed by atoms with Crippen LogP contribution in [0.1, 0.15) is 62.3 Å². The Kier molecular flexibility index (Phi) is 8.35. The van der Waals surface area contributed by atoms with E-state index in [1.54, 1.807) is 44.7 Å². The molecule has 2 atom stereocenters. The van der Waals surface area contributed by atoms with Gasteiger partial charge in [0, 0.05) is 67.1 Å². The first-order valence-electron chi connectivity index (χ1n) is 13.5. The number of hydrogen-bond donors (Lipinski definition) is 3. The summed E-state index contributed by atoms with van der Waals surface area (Å²) in [7, 11) is 0. The number of halogens is 2. The topological polar surface area (TPSA) is 146 Å². The minimum atomic E-state index is -1.52. The molecule has 1 saturated heterocycles. The van der Waals surface area contributed by atoms with E-state index in [-0.39, 0.29) is 42.3 Å². The lowest BCUT2D eigenvalue weighted by atomic mass is 10.0. The van der Waals surface area contributed by atoms with Crippen LogP contribution in [0.3, 0.4) is 0 Å². The summed E-state index contributed by atoms with van der Waals surface area (Å²) >= 11 is 0. The van der Waals surface area contributed by atoms with E-state index >= 15 is 8.78 Å². The number of aromatic nitrogens is 2. The normalized spacial score (nSPS) is 18.4. The van der Waals surface area contributed by atoms with E-state index in [0.717, 1.165) is 6.20 Å². The van der Waals surface area contributed by atoms with Crippen LogP contribution in [0.4, 0.5) is 20.2 Å². The zero-order valence-corrected chi connectivity index (χ0v) is 24.4. The maximum Gasteiger partial charge on any atom is 0.341 e. The van der Waals surface area contributed by atoms with Gasteiger partial charge in [0.05, 0.1) is 16.6 Å². The van der Waals surface area contributed by atoms with Gasteiger partial charge in [0.15, 0.2) is 11.6 Å². The average molecular weight is 584 g/mol. The summed E-state index contributed by atoms with van der Waals surface area (Å²) in [5, 5.41) is 13.3. The molecule has 0 aliphatic carbocycles. The van der Waals surface area contributed by atoms with Crippen molar-refractivity contribution in [2.45, 2.75) is 59.2 Å². The van der Waals surface area contributed by atoms with E-state index in [1.165, 1.54) is 17.0 Å². The van der Waals surface area contributed by atoms with E-state index < -0.39 is 45.2 Å².